The van der Waals surface area contributed by atoms with Crippen LogP contribution in [0.3, 0.4) is 0 Å². The molecule has 0 aliphatic heterocycles. The minimum atomic E-state index is -0.771. The second-order valence-corrected chi connectivity index (χ2v) is 5.14. The average Bonchev–Trinajstić information content (AvgIpc) is 2.28. The van der Waals surface area contributed by atoms with Gasteiger partial charge in [-0.1, -0.05) is 18.6 Å². The highest BCUT2D eigenvalue weighted by molar-refractivity contribution is 5.81. The maximum absolute atomic E-state index is 11.9. The van der Waals surface area contributed by atoms with E-state index in [-0.39, 0.29) is 11.8 Å². The third-order valence-electron chi connectivity index (χ3n) is 4.01. The number of aliphatic carboxylic acids is 1. The van der Waals surface area contributed by atoms with Crippen molar-refractivity contribution in [2.24, 2.45) is 11.3 Å². The Kier molecular flexibility index (Phi) is 3.50. The molecular formula is C13H19NO3. The molecule has 1 amide bonds. The Morgan fingerprint density at radius 1 is 1.35 bits per heavy atom. The van der Waals surface area contributed by atoms with Gasteiger partial charge in [0, 0.05) is 12.5 Å². The molecule has 0 bridgehead atoms. The number of hydrogen-bond acceptors (Lipinski definition) is 2. The van der Waals surface area contributed by atoms with Crippen LogP contribution in [-0.4, -0.2) is 23.5 Å². The Balaban J connectivity index is 1.83. The molecule has 2 aliphatic rings. The van der Waals surface area contributed by atoms with E-state index in [0.717, 1.165) is 25.7 Å². The second-order valence-electron chi connectivity index (χ2n) is 5.14. The first-order valence-electron chi connectivity index (χ1n) is 6.30. The van der Waals surface area contributed by atoms with Gasteiger partial charge in [-0.15, -0.1) is 0 Å². The van der Waals surface area contributed by atoms with Gasteiger partial charge in [-0.25, -0.2) is 0 Å². The molecule has 2 rings (SSSR count). The molecule has 0 heterocycles. The number of amides is 1. The number of nitrogens with one attached hydrogen (secondary N) is 1. The molecule has 94 valence electrons. The first-order chi connectivity index (χ1) is 8.14. The molecule has 1 fully saturated rings. The zero-order valence-corrected chi connectivity index (χ0v) is 9.95. The summed E-state index contributed by atoms with van der Waals surface area (Å²) >= 11 is 0. The van der Waals surface area contributed by atoms with E-state index < -0.39 is 11.4 Å². The maximum Gasteiger partial charge on any atom is 0.311 e. The minimum Gasteiger partial charge on any atom is -0.481 e. The molecule has 4 heteroatoms. The monoisotopic (exact) mass is 237 g/mol. The smallest absolute Gasteiger partial charge is 0.311 e. The lowest BCUT2D eigenvalue weighted by molar-refractivity contribution is -0.154. The quantitative estimate of drug-likeness (QED) is 0.731. The molecule has 4 nitrogen and oxygen atoms in total. The van der Waals surface area contributed by atoms with E-state index in [9.17, 15) is 9.59 Å². The number of carbonyl (C=O) groups is 2. The predicted molar refractivity (Wildman–Crippen MR) is 63.4 cm³/mol. The number of rotatable bonds is 4. The molecule has 1 unspecified atom stereocenters. The van der Waals surface area contributed by atoms with E-state index in [1.165, 1.54) is 0 Å². The van der Waals surface area contributed by atoms with Gasteiger partial charge in [0.25, 0.3) is 0 Å². The van der Waals surface area contributed by atoms with Crippen LogP contribution >= 0.6 is 0 Å². The standard InChI is InChI=1S/C13H19NO3/c15-11(10-5-2-1-3-6-10)14-9-13(12(16)17)7-4-8-13/h1-2,10H,3-9H2,(H,14,15)(H,16,17). The van der Waals surface area contributed by atoms with Gasteiger partial charge in [0.05, 0.1) is 5.41 Å². The van der Waals surface area contributed by atoms with E-state index in [1.807, 2.05) is 6.08 Å². The van der Waals surface area contributed by atoms with Gasteiger partial charge < -0.3 is 10.4 Å². The number of carboxylic acids is 1. The van der Waals surface area contributed by atoms with Crippen LogP contribution in [0.1, 0.15) is 38.5 Å². The first-order valence-corrected chi connectivity index (χ1v) is 6.30. The summed E-state index contributed by atoms with van der Waals surface area (Å²) in [6, 6.07) is 0. The van der Waals surface area contributed by atoms with Gasteiger partial charge in [0.1, 0.15) is 0 Å². The molecule has 1 saturated carbocycles. The summed E-state index contributed by atoms with van der Waals surface area (Å²) in [5.41, 5.74) is -0.680. The molecule has 0 aromatic rings. The second kappa shape index (κ2) is 4.90. The van der Waals surface area contributed by atoms with Crippen molar-refractivity contribution < 1.29 is 14.7 Å². The summed E-state index contributed by atoms with van der Waals surface area (Å²) in [6.07, 6.45) is 9.06. The van der Waals surface area contributed by atoms with Crippen molar-refractivity contribution in [3.05, 3.63) is 12.2 Å². The fraction of sp³-hybridized carbons (Fsp3) is 0.692. The zero-order chi connectivity index (χ0) is 12.3. The van der Waals surface area contributed by atoms with Crippen LogP contribution in [0.5, 0.6) is 0 Å². The molecule has 0 spiro atoms. The largest absolute Gasteiger partial charge is 0.481 e. The van der Waals surface area contributed by atoms with Crippen LogP contribution in [0.15, 0.2) is 12.2 Å². The Bertz CT molecular complexity index is 345. The number of carboxylic acid groups (broad SMARTS) is 1. The molecule has 2 aliphatic carbocycles. The summed E-state index contributed by atoms with van der Waals surface area (Å²) in [4.78, 5) is 23.0. The normalized spacial score (nSPS) is 26.0. The van der Waals surface area contributed by atoms with Crippen LogP contribution in [0, 0.1) is 11.3 Å². The highest BCUT2D eigenvalue weighted by Crippen LogP contribution is 2.40. The van der Waals surface area contributed by atoms with Crippen LogP contribution < -0.4 is 5.32 Å². The Morgan fingerprint density at radius 3 is 2.59 bits per heavy atom. The number of hydrogen-bond donors (Lipinski definition) is 2. The number of carbonyl (C=O) groups excluding carboxylic acids is 1. The third kappa shape index (κ3) is 2.51. The Morgan fingerprint density at radius 2 is 2.12 bits per heavy atom. The van der Waals surface area contributed by atoms with Gasteiger partial charge in [0.2, 0.25) is 5.91 Å². The minimum absolute atomic E-state index is 0.0156. The van der Waals surface area contributed by atoms with E-state index in [0.29, 0.717) is 19.4 Å². The van der Waals surface area contributed by atoms with Crippen molar-refractivity contribution in [1.82, 2.24) is 5.32 Å². The molecule has 0 aromatic heterocycles. The molecule has 2 N–H and O–H groups in total. The lowest BCUT2D eigenvalue weighted by atomic mass is 9.68. The topological polar surface area (TPSA) is 66.4 Å². The van der Waals surface area contributed by atoms with Crippen molar-refractivity contribution in [2.75, 3.05) is 6.54 Å². The fourth-order valence-electron chi connectivity index (χ4n) is 2.50. The van der Waals surface area contributed by atoms with E-state index in [4.69, 9.17) is 5.11 Å². The fourth-order valence-corrected chi connectivity index (χ4v) is 2.50. The zero-order valence-electron chi connectivity index (χ0n) is 9.95. The average molecular weight is 237 g/mol. The molecule has 0 radical (unpaired) electrons. The lowest BCUT2D eigenvalue weighted by Crippen LogP contribution is -2.48. The molecular weight excluding hydrogens is 218 g/mol. The number of allylic oxidation sites excluding steroid dienone is 2. The summed E-state index contributed by atoms with van der Waals surface area (Å²) < 4.78 is 0. The van der Waals surface area contributed by atoms with Gasteiger partial charge in [-0.3, -0.25) is 9.59 Å². The molecule has 0 aromatic carbocycles. The van der Waals surface area contributed by atoms with Gasteiger partial charge in [0.15, 0.2) is 0 Å². The van der Waals surface area contributed by atoms with E-state index >= 15 is 0 Å². The van der Waals surface area contributed by atoms with Gasteiger partial charge in [-0.05, 0) is 32.1 Å². The third-order valence-corrected chi connectivity index (χ3v) is 4.01. The highest BCUT2D eigenvalue weighted by atomic mass is 16.4. The van der Waals surface area contributed by atoms with Gasteiger partial charge in [-0.2, -0.15) is 0 Å². The summed E-state index contributed by atoms with van der Waals surface area (Å²) in [5.74, 6) is -0.722. The van der Waals surface area contributed by atoms with Crippen LogP contribution in [-0.2, 0) is 9.59 Å². The van der Waals surface area contributed by atoms with Crippen molar-refractivity contribution in [3.8, 4) is 0 Å². The van der Waals surface area contributed by atoms with Crippen LogP contribution in [0.2, 0.25) is 0 Å². The summed E-state index contributed by atoms with van der Waals surface area (Å²) in [5, 5.41) is 12.0. The van der Waals surface area contributed by atoms with E-state index in [1.54, 1.807) is 0 Å². The Labute approximate surface area is 101 Å². The van der Waals surface area contributed by atoms with Gasteiger partial charge >= 0.3 is 5.97 Å². The van der Waals surface area contributed by atoms with Crippen molar-refractivity contribution in [2.45, 2.75) is 38.5 Å². The summed E-state index contributed by atoms with van der Waals surface area (Å²) in [6.45, 7) is 0.293. The SMILES string of the molecule is O=C(NCC1(C(=O)O)CCC1)C1CC=CCC1. The maximum atomic E-state index is 11.9. The predicted octanol–water partition coefficient (Wildman–Crippen LogP) is 1.71. The van der Waals surface area contributed by atoms with Crippen molar-refractivity contribution in [1.29, 1.82) is 0 Å². The highest BCUT2D eigenvalue weighted by Gasteiger charge is 2.44. The van der Waals surface area contributed by atoms with Crippen LogP contribution in [0.25, 0.3) is 0 Å². The van der Waals surface area contributed by atoms with E-state index in [2.05, 4.69) is 11.4 Å². The lowest BCUT2D eigenvalue weighted by Gasteiger charge is -2.38. The first kappa shape index (κ1) is 12.1. The van der Waals surface area contributed by atoms with Crippen molar-refractivity contribution in [3.63, 3.8) is 0 Å². The van der Waals surface area contributed by atoms with Crippen molar-refractivity contribution >= 4 is 11.9 Å². The summed E-state index contributed by atoms with van der Waals surface area (Å²) in [7, 11) is 0. The molecule has 1 atom stereocenters. The Hall–Kier alpha value is -1.32. The molecule has 17 heavy (non-hydrogen) atoms. The molecule has 0 saturated heterocycles. The van der Waals surface area contributed by atoms with Crippen LogP contribution in [0.4, 0.5) is 0 Å².